The van der Waals surface area contributed by atoms with Gasteiger partial charge in [0.25, 0.3) is 0 Å². The number of para-hydroxylation sites is 1. The molecule has 4 nitrogen and oxygen atoms in total. The minimum absolute atomic E-state index is 0.712. The summed E-state index contributed by atoms with van der Waals surface area (Å²) in [5, 5.41) is 7.58. The molecule has 0 unspecified atom stereocenters. The molecule has 1 N–H and O–H groups in total. The first-order valence-electron chi connectivity index (χ1n) is 7.56. The number of ether oxygens (including phenoxy) is 1. The zero-order valence-corrected chi connectivity index (χ0v) is 15.1. The summed E-state index contributed by atoms with van der Waals surface area (Å²) < 4.78 is 5.30. The molecule has 3 aromatic rings. The quantitative estimate of drug-likeness (QED) is 0.455. The van der Waals surface area contributed by atoms with Gasteiger partial charge in [0.1, 0.15) is 5.75 Å². The molecular formula is C19H16ClN3OS. The topological polar surface area (TPSA) is 46.5 Å². The average molecular weight is 370 g/mol. The van der Waals surface area contributed by atoms with E-state index in [1.165, 1.54) is 11.3 Å². The highest BCUT2D eigenvalue weighted by Gasteiger charge is 2.03. The molecule has 0 amide bonds. The standard InChI is InChI=1S/C19H16ClN3OS/c1-24-18-7-3-2-5-15(18)6-4-12-21-23-19-22-17(13-25-19)14-8-10-16(20)11-9-14/h2-13H,1H3,(H,22,23)/b6-4+,21-12+. The van der Waals surface area contributed by atoms with Gasteiger partial charge in [0.15, 0.2) is 0 Å². The lowest BCUT2D eigenvalue weighted by atomic mass is 10.2. The van der Waals surface area contributed by atoms with Gasteiger partial charge in [-0.2, -0.15) is 5.10 Å². The van der Waals surface area contributed by atoms with Crippen molar-refractivity contribution in [1.29, 1.82) is 0 Å². The lowest BCUT2D eigenvalue weighted by molar-refractivity contribution is 0.414. The van der Waals surface area contributed by atoms with E-state index in [2.05, 4.69) is 15.5 Å². The van der Waals surface area contributed by atoms with Crippen molar-refractivity contribution >= 4 is 40.4 Å². The zero-order valence-electron chi connectivity index (χ0n) is 13.5. The Morgan fingerprint density at radius 1 is 1.16 bits per heavy atom. The number of aromatic nitrogens is 1. The number of hydrogen-bond donors (Lipinski definition) is 1. The number of hydrazone groups is 1. The Hall–Kier alpha value is -2.63. The van der Waals surface area contributed by atoms with Gasteiger partial charge in [0.2, 0.25) is 5.13 Å². The van der Waals surface area contributed by atoms with Crippen molar-refractivity contribution in [2.45, 2.75) is 0 Å². The molecule has 0 aliphatic rings. The maximum Gasteiger partial charge on any atom is 0.203 e. The smallest absolute Gasteiger partial charge is 0.203 e. The number of allylic oxidation sites excluding steroid dienone is 1. The SMILES string of the molecule is COc1ccccc1/C=C/C=N/Nc1nc(-c2ccc(Cl)cc2)cs1. The van der Waals surface area contributed by atoms with Gasteiger partial charge in [0, 0.05) is 27.7 Å². The van der Waals surface area contributed by atoms with Crippen LogP contribution in [0.2, 0.25) is 5.02 Å². The molecule has 3 rings (SSSR count). The summed E-state index contributed by atoms with van der Waals surface area (Å²) in [5.41, 5.74) is 5.84. The molecule has 1 aromatic heterocycles. The van der Waals surface area contributed by atoms with Crippen LogP contribution < -0.4 is 10.2 Å². The number of benzene rings is 2. The van der Waals surface area contributed by atoms with E-state index in [1.807, 2.05) is 66.1 Å². The second-order valence-corrected chi connectivity index (χ2v) is 6.33. The largest absolute Gasteiger partial charge is 0.496 e. The van der Waals surface area contributed by atoms with E-state index in [4.69, 9.17) is 16.3 Å². The highest BCUT2D eigenvalue weighted by Crippen LogP contribution is 2.25. The van der Waals surface area contributed by atoms with Crippen molar-refractivity contribution < 1.29 is 4.74 Å². The number of methoxy groups -OCH3 is 1. The van der Waals surface area contributed by atoms with Crippen LogP contribution in [0.4, 0.5) is 5.13 Å². The lowest BCUT2D eigenvalue weighted by Gasteiger charge is -2.02. The minimum atomic E-state index is 0.712. The first-order chi connectivity index (χ1) is 12.3. The molecule has 1 heterocycles. The molecule has 0 atom stereocenters. The van der Waals surface area contributed by atoms with E-state index in [-0.39, 0.29) is 0 Å². The third-order valence-corrected chi connectivity index (χ3v) is 4.38. The normalized spacial score (nSPS) is 11.3. The van der Waals surface area contributed by atoms with Crippen molar-refractivity contribution in [3.8, 4) is 17.0 Å². The van der Waals surface area contributed by atoms with E-state index in [0.29, 0.717) is 5.02 Å². The number of rotatable bonds is 6. The number of hydrogen-bond acceptors (Lipinski definition) is 5. The fourth-order valence-corrected chi connectivity index (χ4v) is 2.96. The van der Waals surface area contributed by atoms with Crippen LogP contribution in [0.3, 0.4) is 0 Å². The Labute approximate surface area is 155 Å². The van der Waals surface area contributed by atoms with E-state index in [9.17, 15) is 0 Å². The minimum Gasteiger partial charge on any atom is -0.496 e. The van der Waals surface area contributed by atoms with Crippen molar-refractivity contribution in [3.63, 3.8) is 0 Å². The van der Waals surface area contributed by atoms with E-state index >= 15 is 0 Å². The summed E-state index contributed by atoms with van der Waals surface area (Å²) in [6.07, 6.45) is 5.46. The molecule has 0 fully saturated rings. The van der Waals surface area contributed by atoms with Crippen LogP contribution >= 0.6 is 22.9 Å². The number of anilines is 1. The first kappa shape index (κ1) is 17.2. The fraction of sp³-hybridized carbons (Fsp3) is 0.0526. The average Bonchev–Trinajstić information content (AvgIpc) is 3.11. The monoisotopic (exact) mass is 369 g/mol. The Kier molecular flexibility index (Phi) is 5.82. The van der Waals surface area contributed by atoms with Gasteiger partial charge < -0.3 is 4.74 Å². The van der Waals surface area contributed by atoms with E-state index in [0.717, 1.165) is 27.7 Å². The Bertz CT molecular complexity index is 888. The summed E-state index contributed by atoms with van der Waals surface area (Å²) in [4.78, 5) is 4.50. The van der Waals surface area contributed by atoms with Crippen LogP contribution in [-0.4, -0.2) is 18.3 Å². The van der Waals surface area contributed by atoms with Crippen LogP contribution in [0.15, 0.2) is 65.1 Å². The number of nitrogens with zero attached hydrogens (tertiary/aromatic N) is 2. The van der Waals surface area contributed by atoms with Crippen molar-refractivity contribution in [3.05, 3.63) is 70.6 Å². The third kappa shape index (κ3) is 4.68. The van der Waals surface area contributed by atoms with Crippen LogP contribution in [0.1, 0.15) is 5.56 Å². The summed E-state index contributed by atoms with van der Waals surface area (Å²) in [6, 6.07) is 15.4. The number of thiazole rings is 1. The van der Waals surface area contributed by atoms with Crippen LogP contribution in [0.5, 0.6) is 5.75 Å². The second-order valence-electron chi connectivity index (χ2n) is 5.04. The van der Waals surface area contributed by atoms with Gasteiger partial charge in [0.05, 0.1) is 12.8 Å². The zero-order chi connectivity index (χ0) is 17.5. The van der Waals surface area contributed by atoms with E-state index in [1.54, 1.807) is 13.3 Å². The molecule has 0 aliphatic heterocycles. The van der Waals surface area contributed by atoms with Gasteiger partial charge in [-0.05, 0) is 30.4 Å². The van der Waals surface area contributed by atoms with Crippen LogP contribution in [-0.2, 0) is 0 Å². The van der Waals surface area contributed by atoms with Gasteiger partial charge in [-0.15, -0.1) is 11.3 Å². The van der Waals surface area contributed by atoms with Gasteiger partial charge in [-0.3, -0.25) is 5.43 Å². The molecule has 6 heteroatoms. The highest BCUT2D eigenvalue weighted by atomic mass is 35.5. The molecule has 0 spiro atoms. The molecule has 0 saturated heterocycles. The third-order valence-electron chi connectivity index (χ3n) is 3.38. The molecule has 0 aliphatic carbocycles. The van der Waals surface area contributed by atoms with Crippen molar-refractivity contribution in [2.24, 2.45) is 5.10 Å². The summed E-state index contributed by atoms with van der Waals surface area (Å²) in [5.74, 6) is 0.827. The van der Waals surface area contributed by atoms with Gasteiger partial charge >= 0.3 is 0 Å². The van der Waals surface area contributed by atoms with Gasteiger partial charge in [-0.25, -0.2) is 4.98 Å². The molecule has 25 heavy (non-hydrogen) atoms. The first-order valence-corrected chi connectivity index (χ1v) is 8.82. The van der Waals surface area contributed by atoms with Gasteiger partial charge in [-0.1, -0.05) is 41.9 Å². The summed E-state index contributed by atoms with van der Waals surface area (Å²) >= 11 is 7.40. The number of halogens is 1. The summed E-state index contributed by atoms with van der Waals surface area (Å²) in [6.45, 7) is 0. The fourth-order valence-electron chi connectivity index (χ4n) is 2.16. The predicted octanol–water partition coefficient (Wildman–Crippen LogP) is 5.58. The maximum atomic E-state index is 5.90. The van der Waals surface area contributed by atoms with Crippen molar-refractivity contribution in [2.75, 3.05) is 12.5 Å². The Morgan fingerprint density at radius 3 is 2.76 bits per heavy atom. The van der Waals surface area contributed by atoms with Crippen LogP contribution in [0, 0.1) is 0 Å². The Balaban J connectivity index is 1.59. The molecule has 0 bridgehead atoms. The van der Waals surface area contributed by atoms with Crippen molar-refractivity contribution in [1.82, 2.24) is 4.98 Å². The molecular weight excluding hydrogens is 354 g/mol. The Morgan fingerprint density at radius 2 is 1.96 bits per heavy atom. The maximum absolute atomic E-state index is 5.90. The lowest BCUT2D eigenvalue weighted by Crippen LogP contribution is -1.88. The molecule has 126 valence electrons. The molecule has 0 radical (unpaired) electrons. The molecule has 2 aromatic carbocycles. The summed E-state index contributed by atoms with van der Waals surface area (Å²) in [7, 11) is 1.66. The molecule has 0 saturated carbocycles. The predicted molar refractivity (Wildman–Crippen MR) is 107 cm³/mol. The second kappa shape index (κ2) is 8.46. The number of nitrogens with one attached hydrogen (secondary N) is 1. The highest BCUT2D eigenvalue weighted by molar-refractivity contribution is 7.14. The van der Waals surface area contributed by atoms with E-state index < -0.39 is 0 Å². The van der Waals surface area contributed by atoms with Crippen LogP contribution in [0.25, 0.3) is 17.3 Å².